The largest absolute Gasteiger partial charge is 0.493 e. The van der Waals surface area contributed by atoms with E-state index in [4.69, 9.17) is 14.6 Å². The summed E-state index contributed by atoms with van der Waals surface area (Å²) < 4.78 is 11.2. The second-order valence-corrected chi connectivity index (χ2v) is 7.70. The fourth-order valence-corrected chi connectivity index (χ4v) is 3.36. The summed E-state index contributed by atoms with van der Waals surface area (Å²) in [5.74, 6) is -0.586. The third-order valence-electron chi connectivity index (χ3n) is 4.94. The number of ether oxygens (including phenoxy) is 2. The molecule has 34 heavy (non-hydrogen) atoms. The summed E-state index contributed by atoms with van der Waals surface area (Å²) in [5, 5.41) is 21.3. The number of hydrogen-bond donors (Lipinski definition) is 2. The number of methoxy groups -OCH3 is 1. The van der Waals surface area contributed by atoms with Crippen molar-refractivity contribution in [3.05, 3.63) is 94.1 Å². The number of carboxylic acid groups (broad SMARTS) is 1. The van der Waals surface area contributed by atoms with Crippen molar-refractivity contribution in [2.75, 3.05) is 12.4 Å². The molecule has 0 aliphatic heterocycles. The molecule has 0 spiro atoms. The van der Waals surface area contributed by atoms with Crippen molar-refractivity contribution in [3.63, 3.8) is 0 Å². The number of nitriles is 1. The van der Waals surface area contributed by atoms with Crippen LogP contribution in [0.15, 0.2) is 66.2 Å². The molecule has 0 unspecified atom stereocenters. The van der Waals surface area contributed by atoms with Gasteiger partial charge >= 0.3 is 5.97 Å². The minimum absolute atomic E-state index is 0.0478. The van der Waals surface area contributed by atoms with Crippen LogP contribution < -0.4 is 14.8 Å². The second kappa shape index (κ2) is 10.8. The molecule has 0 heterocycles. The summed E-state index contributed by atoms with van der Waals surface area (Å²) in [7, 11) is 1.50. The van der Waals surface area contributed by atoms with Gasteiger partial charge in [-0.05, 0) is 78.6 Å². The van der Waals surface area contributed by atoms with Gasteiger partial charge in [-0.15, -0.1) is 0 Å². The molecule has 3 aromatic rings. The second-order valence-electron chi connectivity index (χ2n) is 7.70. The van der Waals surface area contributed by atoms with E-state index in [0.717, 1.165) is 16.7 Å². The summed E-state index contributed by atoms with van der Waals surface area (Å²) in [6.45, 7) is 4.09. The van der Waals surface area contributed by atoms with Gasteiger partial charge in [0.15, 0.2) is 11.5 Å². The van der Waals surface area contributed by atoms with Crippen molar-refractivity contribution in [3.8, 4) is 17.6 Å². The minimum atomic E-state index is -0.989. The van der Waals surface area contributed by atoms with E-state index in [1.165, 1.54) is 25.3 Å². The molecule has 0 fully saturated rings. The van der Waals surface area contributed by atoms with Gasteiger partial charge in [-0.25, -0.2) is 4.79 Å². The highest BCUT2D eigenvalue weighted by Crippen LogP contribution is 2.30. The monoisotopic (exact) mass is 456 g/mol. The highest BCUT2D eigenvalue weighted by Gasteiger charge is 2.12. The van der Waals surface area contributed by atoms with E-state index >= 15 is 0 Å². The number of aromatic carboxylic acids is 1. The molecule has 2 N–H and O–H groups in total. The zero-order valence-electron chi connectivity index (χ0n) is 19.1. The quantitative estimate of drug-likeness (QED) is 0.359. The lowest BCUT2D eigenvalue weighted by Gasteiger charge is -2.12. The predicted octanol–water partition coefficient (Wildman–Crippen LogP) is 5.13. The first-order valence-electron chi connectivity index (χ1n) is 10.4. The highest BCUT2D eigenvalue weighted by atomic mass is 16.5. The number of carboxylic acids is 1. The summed E-state index contributed by atoms with van der Waals surface area (Å²) in [6, 6.07) is 19.1. The smallest absolute Gasteiger partial charge is 0.335 e. The first-order valence-corrected chi connectivity index (χ1v) is 10.4. The third kappa shape index (κ3) is 6.24. The number of nitrogens with one attached hydrogen (secondary N) is 1. The number of nitrogens with zero attached hydrogens (tertiary/aromatic N) is 1. The SMILES string of the molecule is COc1cc(/C=C(\C#N)C(=O)Nc2cc(C)cc(C)c2)ccc1OCc1ccc(C(=O)O)cc1. The summed E-state index contributed by atoms with van der Waals surface area (Å²) in [5.41, 5.74) is 4.20. The maximum Gasteiger partial charge on any atom is 0.335 e. The van der Waals surface area contributed by atoms with Crippen LogP contribution in [0.3, 0.4) is 0 Å². The van der Waals surface area contributed by atoms with Gasteiger partial charge in [-0.3, -0.25) is 4.79 Å². The molecule has 0 radical (unpaired) electrons. The Kier molecular flexibility index (Phi) is 7.67. The van der Waals surface area contributed by atoms with Crippen LogP contribution in [0.1, 0.15) is 32.6 Å². The van der Waals surface area contributed by atoms with Gasteiger partial charge < -0.3 is 19.9 Å². The fraction of sp³-hybridized carbons (Fsp3) is 0.148. The molecule has 0 bridgehead atoms. The number of hydrogen-bond acceptors (Lipinski definition) is 5. The van der Waals surface area contributed by atoms with Crippen molar-refractivity contribution in [2.45, 2.75) is 20.5 Å². The van der Waals surface area contributed by atoms with Crippen LogP contribution in [0.2, 0.25) is 0 Å². The number of carbonyl (C=O) groups excluding carboxylic acids is 1. The first kappa shape index (κ1) is 24.1. The lowest BCUT2D eigenvalue weighted by atomic mass is 10.1. The Balaban J connectivity index is 1.74. The molecule has 0 atom stereocenters. The van der Waals surface area contributed by atoms with E-state index in [1.807, 2.05) is 38.1 Å². The molecular weight excluding hydrogens is 432 g/mol. The minimum Gasteiger partial charge on any atom is -0.493 e. The van der Waals surface area contributed by atoms with Gasteiger partial charge in [-0.2, -0.15) is 5.26 Å². The number of aryl methyl sites for hydroxylation is 2. The average molecular weight is 456 g/mol. The van der Waals surface area contributed by atoms with E-state index in [2.05, 4.69) is 5.32 Å². The number of rotatable bonds is 8. The predicted molar refractivity (Wildman–Crippen MR) is 129 cm³/mol. The molecule has 1 amide bonds. The molecule has 3 aromatic carbocycles. The Labute approximate surface area is 197 Å². The normalized spacial score (nSPS) is 10.8. The molecule has 7 heteroatoms. The van der Waals surface area contributed by atoms with Crippen LogP contribution in [-0.2, 0) is 11.4 Å². The summed E-state index contributed by atoms with van der Waals surface area (Å²) >= 11 is 0. The zero-order valence-corrected chi connectivity index (χ0v) is 19.1. The van der Waals surface area contributed by atoms with Crippen LogP contribution in [-0.4, -0.2) is 24.1 Å². The molecule has 7 nitrogen and oxygen atoms in total. The van der Waals surface area contributed by atoms with Crippen molar-refractivity contribution in [1.29, 1.82) is 5.26 Å². The van der Waals surface area contributed by atoms with Crippen molar-refractivity contribution in [2.24, 2.45) is 0 Å². The summed E-state index contributed by atoms with van der Waals surface area (Å²) in [4.78, 5) is 23.6. The molecule has 0 aliphatic rings. The van der Waals surface area contributed by atoms with E-state index in [-0.39, 0.29) is 17.7 Å². The number of amides is 1. The van der Waals surface area contributed by atoms with Crippen molar-refractivity contribution in [1.82, 2.24) is 0 Å². The zero-order chi connectivity index (χ0) is 24.7. The average Bonchev–Trinajstić information content (AvgIpc) is 2.80. The van der Waals surface area contributed by atoms with Gasteiger partial charge in [0.1, 0.15) is 18.2 Å². The first-order chi connectivity index (χ1) is 16.3. The standard InChI is InChI=1S/C27H24N2O5/c1-17-10-18(2)12-23(11-17)29-26(30)22(15-28)13-20-6-9-24(25(14-20)33-3)34-16-19-4-7-21(8-5-19)27(31)32/h4-14H,16H2,1-3H3,(H,29,30)(H,31,32)/b22-13+. The van der Waals surface area contributed by atoms with E-state index in [9.17, 15) is 14.9 Å². The van der Waals surface area contributed by atoms with Crippen molar-refractivity contribution < 1.29 is 24.2 Å². The Morgan fingerprint density at radius 3 is 2.26 bits per heavy atom. The molecule has 0 aromatic heterocycles. The maximum atomic E-state index is 12.6. The third-order valence-corrected chi connectivity index (χ3v) is 4.94. The molecule has 172 valence electrons. The highest BCUT2D eigenvalue weighted by molar-refractivity contribution is 6.09. The van der Waals surface area contributed by atoms with Gasteiger partial charge in [0.2, 0.25) is 0 Å². The van der Waals surface area contributed by atoms with Crippen LogP contribution in [0.5, 0.6) is 11.5 Å². The molecule has 0 saturated carbocycles. The van der Waals surface area contributed by atoms with Gasteiger partial charge in [0, 0.05) is 5.69 Å². The fourth-order valence-electron chi connectivity index (χ4n) is 3.36. The van der Waals surface area contributed by atoms with Gasteiger partial charge in [0.05, 0.1) is 12.7 Å². The number of benzene rings is 3. The molecule has 3 rings (SSSR count). The Bertz CT molecular complexity index is 1270. The Hall–Kier alpha value is -4.57. The Morgan fingerprint density at radius 1 is 1.00 bits per heavy atom. The topological polar surface area (TPSA) is 109 Å². The summed E-state index contributed by atoms with van der Waals surface area (Å²) in [6.07, 6.45) is 1.48. The molecule has 0 saturated heterocycles. The number of anilines is 1. The van der Waals surface area contributed by atoms with Crippen LogP contribution >= 0.6 is 0 Å². The van der Waals surface area contributed by atoms with Gasteiger partial charge in [-0.1, -0.05) is 24.3 Å². The van der Waals surface area contributed by atoms with E-state index in [0.29, 0.717) is 22.7 Å². The van der Waals surface area contributed by atoms with E-state index in [1.54, 1.807) is 30.3 Å². The lowest BCUT2D eigenvalue weighted by Crippen LogP contribution is -2.13. The van der Waals surface area contributed by atoms with Crippen LogP contribution in [0, 0.1) is 25.2 Å². The van der Waals surface area contributed by atoms with E-state index < -0.39 is 11.9 Å². The van der Waals surface area contributed by atoms with Gasteiger partial charge in [0.25, 0.3) is 5.91 Å². The Morgan fingerprint density at radius 2 is 1.68 bits per heavy atom. The lowest BCUT2D eigenvalue weighted by molar-refractivity contribution is -0.112. The molecular formula is C27H24N2O5. The van der Waals surface area contributed by atoms with Crippen LogP contribution in [0.4, 0.5) is 5.69 Å². The van der Waals surface area contributed by atoms with Crippen LogP contribution in [0.25, 0.3) is 6.08 Å². The molecule has 0 aliphatic carbocycles. The number of carbonyl (C=O) groups is 2. The van der Waals surface area contributed by atoms with Crippen molar-refractivity contribution >= 4 is 23.6 Å². The maximum absolute atomic E-state index is 12.6.